The van der Waals surface area contributed by atoms with Gasteiger partial charge in [0.1, 0.15) is 30.0 Å². The normalized spacial score (nSPS) is 15.6. The minimum absolute atomic E-state index is 0.215. The molecular formula is C19H20O5. The summed E-state index contributed by atoms with van der Waals surface area (Å²) >= 11 is 0. The highest BCUT2D eigenvalue weighted by Gasteiger charge is 2.23. The summed E-state index contributed by atoms with van der Waals surface area (Å²) in [6.07, 6.45) is 1.16. The Morgan fingerprint density at radius 1 is 1.00 bits per heavy atom. The third kappa shape index (κ3) is 4.73. The minimum atomic E-state index is -0.405. The van der Waals surface area contributed by atoms with Crippen LogP contribution in [0.1, 0.15) is 23.7 Å². The van der Waals surface area contributed by atoms with E-state index in [1.807, 2.05) is 6.92 Å². The maximum atomic E-state index is 12.1. The highest BCUT2D eigenvalue weighted by Crippen LogP contribution is 2.21. The van der Waals surface area contributed by atoms with Gasteiger partial charge in [0.05, 0.1) is 18.8 Å². The second kappa shape index (κ2) is 7.84. The minimum Gasteiger partial charge on any atom is -0.494 e. The van der Waals surface area contributed by atoms with Crippen LogP contribution in [-0.2, 0) is 4.74 Å². The van der Waals surface area contributed by atoms with Gasteiger partial charge in [-0.2, -0.15) is 0 Å². The number of epoxide rings is 1. The maximum Gasteiger partial charge on any atom is 0.343 e. The molecule has 0 spiro atoms. The van der Waals surface area contributed by atoms with E-state index in [-0.39, 0.29) is 6.10 Å². The van der Waals surface area contributed by atoms with Crippen molar-refractivity contribution < 1.29 is 23.7 Å². The summed E-state index contributed by atoms with van der Waals surface area (Å²) in [5.41, 5.74) is 0.477. The van der Waals surface area contributed by atoms with Gasteiger partial charge >= 0.3 is 5.97 Å². The standard InChI is InChI=1S/C19H20O5/c1-2-11-21-15-5-3-14(4-6-15)19(20)24-17-9-7-16(8-10-17)22-12-18-13-23-18/h3-10,18H,2,11-13H2,1H3. The van der Waals surface area contributed by atoms with Gasteiger partial charge in [-0.05, 0) is 55.0 Å². The predicted octanol–water partition coefficient (Wildman–Crippen LogP) is 3.47. The van der Waals surface area contributed by atoms with E-state index >= 15 is 0 Å². The van der Waals surface area contributed by atoms with E-state index in [1.54, 1.807) is 48.5 Å². The van der Waals surface area contributed by atoms with E-state index in [9.17, 15) is 4.79 Å². The van der Waals surface area contributed by atoms with Crippen molar-refractivity contribution in [3.8, 4) is 17.2 Å². The summed E-state index contributed by atoms with van der Waals surface area (Å²) in [6.45, 7) is 4.01. The first kappa shape index (κ1) is 16.3. The molecule has 0 saturated carbocycles. The molecule has 0 bridgehead atoms. The SMILES string of the molecule is CCCOc1ccc(C(=O)Oc2ccc(OCC3CO3)cc2)cc1. The molecular weight excluding hydrogens is 308 g/mol. The van der Waals surface area contributed by atoms with Crippen LogP contribution in [0.15, 0.2) is 48.5 Å². The Morgan fingerprint density at radius 2 is 1.58 bits per heavy atom. The number of carbonyl (C=O) groups excluding carboxylic acids is 1. The average Bonchev–Trinajstić information content (AvgIpc) is 3.44. The van der Waals surface area contributed by atoms with Crippen LogP contribution in [0.2, 0.25) is 0 Å². The van der Waals surface area contributed by atoms with E-state index in [2.05, 4.69) is 0 Å². The van der Waals surface area contributed by atoms with Crippen LogP contribution in [0.4, 0.5) is 0 Å². The number of carbonyl (C=O) groups is 1. The first-order valence-corrected chi connectivity index (χ1v) is 8.04. The molecule has 0 radical (unpaired) electrons. The Labute approximate surface area is 141 Å². The van der Waals surface area contributed by atoms with Crippen LogP contribution in [0.5, 0.6) is 17.2 Å². The first-order valence-electron chi connectivity index (χ1n) is 8.04. The number of hydrogen-bond acceptors (Lipinski definition) is 5. The summed E-state index contributed by atoms with van der Waals surface area (Å²) in [5, 5.41) is 0. The van der Waals surface area contributed by atoms with Crippen LogP contribution >= 0.6 is 0 Å². The Morgan fingerprint density at radius 3 is 2.21 bits per heavy atom. The van der Waals surface area contributed by atoms with Gasteiger partial charge in [-0.3, -0.25) is 0 Å². The highest BCUT2D eigenvalue weighted by atomic mass is 16.6. The van der Waals surface area contributed by atoms with Crippen molar-refractivity contribution in [3.05, 3.63) is 54.1 Å². The molecule has 24 heavy (non-hydrogen) atoms. The van der Waals surface area contributed by atoms with Gasteiger partial charge in [0.2, 0.25) is 0 Å². The van der Waals surface area contributed by atoms with E-state index in [1.165, 1.54) is 0 Å². The third-order valence-corrected chi connectivity index (χ3v) is 3.44. The molecule has 0 aromatic heterocycles. The highest BCUT2D eigenvalue weighted by molar-refractivity contribution is 5.91. The summed E-state index contributed by atoms with van der Waals surface area (Å²) in [5.74, 6) is 1.54. The lowest BCUT2D eigenvalue weighted by atomic mass is 10.2. The fraction of sp³-hybridized carbons (Fsp3) is 0.316. The molecule has 126 valence electrons. The molecule has 2 aromatic rings. The lowest BCUT2D eigenvalue weighted by Gasteiger charge is -2.08. The molecule has 1 aliphatic rings. The van der Waals surface area contributed by atoms with Gasteiger partial charge in [-0.15, -0.1) is 0 Å². The molecule has 1 saturated heterocycles. The van der Waals surface area contributed by atoms with Gasteiger partial charge in [0.15, 0.2) is 0 Å². The molecule has 1 fully saturated rings. The zero-order valence-corrected chi connectivity index (χ0v) is 13.6. The van der Waals surface area contributed by atoms with Crippen molar-refractivity contribution in [2.75, 3.05) is 19.8 Å². The van der Waals surface area contributed by atoms with E-state index in [0.29, 0.717) is 24.5 Å². The fourth-order valence-corrected chi connectivity index (χ4v) is 2.03. The van der Waals surface area contributed by atoms with Crippen molar-refractivity contribution in [2.45, 2.75) is 19.4 Å². The van der Waals surface area contributed by atoms with Crippen LogP contribution < -0.4 is 14.2 Å². The zero-order valence-electron chi connectivity index (χ0n) is 13.6. The van der Waals surface area contributed by atoms with Crippen LogP contribution in [0, 0.1) is 0 Å². The topological polar surface area (TPSA) is 57.3 Å². The third-order valence-electron chi connectivity index (χ3n) is 3.44. The monoisotopic (exact) mass is 328 g/mol. The quantitative estimate of drug-likeness (QED) is 0.422. The number of esters is 1. The zero-order chi connectivity index (χ0) is 16.8. The maximum absolute atomic E-state index is 12.1. The molecule has 0 N–H and O–H groups in total. The molecule has 1 aliphatic heterocycles. The molecule has 5 heteroatoms. The smallest absolute Gasteiger partial charge is 0.343 e. The summed E-state index contributed by atoms with van der Waals surface area (Å²) in [7, 11) is 0. The van der Waals surface area contributed by atoms with Crippen molar-refractivity contribution in [3.63, 3.8) is 0 Å². The molecule has 1 atom stereocenters. The number of ether oxygens (including phenoxy) is 4. The van der Waals surface area contributed by atoms with Gasteiger partial charge in [0, 0.05) is 0 Å². The largest absolute Gasteiger partial charge is 0.494 e. The van der Waals surface area contributed by atoms with E-state index < -0.39 is 5.97 Å². The number of hydrogen-bond donors (Lipinski definition) is 0. The molecule has 2 aromatic carbocycles. The number of benzene rings is 2. The van der Waals surface area contributed by atoms with Gasteiger partial charge < -0.3 is 18.9 Å². The van der Waals surface area contributed by atoms with Crippen LogP contribution in [0.25, 0.3) is 0 Å². The molecule has 0 amide bonds. The van der Waals surface area contributed by atoms with Gasteiger partial charge in [-0.1, -0.05) is 6.92 Å². The first-order chi connectivity index (χ1) is 11.7. The number of rotatable bonds is 8. The molecule has 0 aliphatic carbocycles. The second-order valence-corrected chi connectivity index (χ2v) is 5.50. The van der Waals surface area contributed by atoms with Crippen LogP contribution in [-0.4, -0.2) is 31.9 Å². The molecule has 1 heterocycles. The van der Waals surface area contributed by atoms with Crippen molar-refractivity contribution in [2.24, 2.45) is 0 Å². The predicted molar refractivity (Wildman–Crippen MR) is 88.9 cm³/mol. The Hall–Kier alpha value is -2.53. The van der Waals surface area contributed by atoms with Crippen molar-refractivity contribution >= 4 is 5.97 Å². The lowest BCUT2D eigenvalue weighted by Crippen LogP contribution is -2.08. The van der Waals surface area contributed by atoms with Crippen molar-refractivity contribution in [1.29, 1.82) is 0 Å². The van der Waals surface area contributed by atoms with Crippen LogP contribution in [0.3, 0.4) is 0 Å². The molecule has 3 rings (SSSR count). The lowest BCUT2D eigenvalue weighted by molar-refractivity contribution is 0.0734. The summed E-state index contributed by atoms with van der Waals surface area (Å²) in [4.78, 5) is 12.1. The molecule has 1 unspecified atom stereocenters. The van der Waals surface area contributed by atoms with Gasteiger partial charge in [-0.25, -0.2) is 4.79 Å². The Bertz CT molecular complexity index is 659. The van der Waals surface area contributed by atoms with Crippen molar-refractivity contribution in [1.82, 2.24) is 0 Å². The Kier molecular flexibility index (Phi) is 5.33. The fourth-order valence-electron chi connectivity index (χ4n) is 2.03. The summed E-state index contributed by atoms with van der Waals surface area (Å²) < 4.78 is 21.5. The van der Waals surface area contributed by atoms with E-state index in [4.69, 9.17) is 18.9 Å². The van der Waals surface area contributed by atoms with Gasteiger partial charge in [0.25, 0.3) is 0 Å². The molecule has 5 nitrogen and oxygen atoms in total. The Balaban J connectivity index is 1.53. The summed E-state index contributed by atoms with van der Waals surface area (Å²) in [6, 6.07) is 13.9. The second-order valence-electron chi connectivity index (χ2n) is 5.50. The van der Waals surface area contributed by atoms with E-state index in [0.717, 1.165) is 24.5 Å². The average molecular weight is 328 g/mol.